The Kier molecular flexibility index (Phi) is 3.76. The number of rotatable bonds is 2. The largest absolute Gasteiger partial charge is 0.330 e. The van der Waals surface area contributed by atoms with Crippen LogP contribution in [0, 0.1) is 6.92 Å². The van der Waals surface area contributed by atoms with Crippen molar-refractivity contribution in [3.8, 4) is 0 Å². The van der Waals surface area contributed by atoms with Gasteiger partial charge in [-0.05, 0) is 18.6 Å². The van der Waals surface area contributed by atoms with Crippen LogP contribution in [0.1, 0.15) is 21.5 Å². The van der Waals surface area contributed by atoms with Gasteiger partial charge in [-0.1, -0.05) is 28.1 Å². The van der Waals surface area contributed by atoms with Crippen LogP contribution in [0.2, 0.25) is 0 Å². The van der Waals surface area contributed by atoms with Gasteiger partial charge in [-0.15, -0.1) is 0 Å². The lowest BCUT2D eigenvalue weighted by molar-refractivity contribution is 0.103. The molecule has 0 aliphatic heterocycles. The predicted molar refractivity (Wildman–Crippen MR) is 79.2 cm³/mol. The fourth-order valence-corrected chi connectivity index (χ4v) is 2.33. The molecule has 0 aliphatic rings. The number of hydrogen-bond acceptors (Lipinski definition) is 3. The van der Waals surface area contributed by atoms with Gasteiger partial charge in [0, 0.05) is 30.3 Å². The maximum atomic E-state index is 12.5. The SMILES string of the molecule is Cc1c(Br)cccc1C(=O)c1cn(C)c(=O)n(C)c1=O. The molecule has 0 N–H and O–H groups in total. The number of aromatic nitrogens is 2. The van der Waals surface area contributed by atoms with Crippen LogP contribution in [0.15, 0.2) is 38.5 Å². The Balaban J connectivity index is 2.70. The molecule has 0 atom stereocenters. The molecule has 5 nitrogen and oxygen atoms in total. The summed E-state index contributed by atoms with van der Waals surface area (Å²) in [7, 11) is 2.86. The van der Waals surface area contributed by atoms with E-state index in [1.807, 2.05) is 6.07 Å². The van der Waals surface area contributed by atoms with Gasteiger partial charge in [0.2, 0.25) is 0 Å². The summed E-state index contributed by atoms with van der Waals surface area (Å²) in [6.45, 7) is 1.80. The zero-order valence-electron chi connectivity index (χ0n) is 11.3. The molecule has 0 saturated carbocycles. The van der Waals surface area contributed by atoms with Crippen LogP contribution in [0.3, 0.4) is 0 Å². The lowest BCUT2D eigenvalue weighted by Crippen LogP contribution is -2.39. The highest BCUT2D eigenvalue weighted by Gasteiger charge is 2.18. The molecule has 0 saturated heterocycles. The number of hydrogen-bond donors (Lipinski definition) is 0. The second-order valence-corrected chi connectivity index (χ2v) is 5.40. The van der Waals surface area contributed by atoms with E-state index >= 15 is 0 Å². The average Bonchev–Trinajstić information content (AvgIpc) is 2.43. The molecule has 0 fully saturated rings. The van der Waals surface area contributed by atoms with Crippen molar-refractivity contribution in [2.24, 2.45) is 14.1 Å². The van der Waals surface area contributed by atoms with Crippen LogP contribution in [-0.4, -0.2) is 14.9 Å². The smallest absolute Gasteiger partial charge is 0.303 e. The Bertz CT molecular complexity index is 818. The van der Waals surface area contributed by atoms with Crippen molar-refractivity contribution in [3.63, 3.8) is 0 Å². The number of benzene rings is 1. The molecule has 0 amide bonds. The second-order valence-electron chi connectivity index (χ2n) is 4.54. The maximum absolute atomic E-state index is 12.5. The summed E-state index contributed by atoms with van der Waals surface area (Å²) in [6, 6.07) is 5.22. The van der Waals surface area contributed by atoms with Crippen LogP contribution in [0.4, 0.5) is 0 Å². The average molecular weight is 337 g/mol. The van der Waals surface area contributed by atoms with E-state index in [0.29, 0.717) is 5.56 Å². The minimum Gasteiger partial charge on any atom is -0.303 e. The van der Waals surface area contributed by atoms with Gasteiger partial charge in [-0.25, -0.2) is 4.79 Å². The summed E-state index contributed by atoms with van der Waals surface area (Å²) < 4.78 is 2.95. The normalized spacial score (nSPS) is 10.6. The number of nitrogens with zero attached hydrogens (tertiary/aromatic N) is 2. The summed E-state index contributed by atoms with van der Waals surface area (Å²) >= 11 is 3.36. The fourth-order valence-electron chi connectivity index (χ4n) is 1.96. The first-order valence-corrected chi connectivity index (χ1v) is 6.70. The first kappa shape index (κ1) is 14.5. The van der Waals surface area contributed by atoms with E-state index in [1.165, 1.54) is 24.9 Å². The molecule has 1 aromatic carbocycles. The van der Waals surface area contributed by atoms with Crippen LogP contribution in [0.25, 0.3) is 0 Å². The van der Waals surface area contributed by atoms with Crippen molar-refractivity contribution in [1.29, 1.82) is 0 Å². The van der Waals surface area contributed by atoms with Crippen LogP contribution in [-0.2, 0) is 14.1 Å². The van der Waals surface area contributed by atoms with Gasteiger partial charge in [0.05, 0.1) is 0 Å². The monoisotopic (exact) mass is 336 g/mol. The molecule has 0 radical (unpaired) electrons. The number of halogens is 1. The van der Waals surface area contributed by atoms with Crippen molar-refractivity contribution < 1.29 is 4.79 Å². The Morgan fingerprint density at radius 1 is 1.15 bits per heavy atom. The number of ketones is 1. The molecular formula is C14H13BrN2O3. The van der Waals surface area contributed by atoms with Crippen molar-refractivity contribution in [1.82, 2.24) is 9.13 Å². The lowest BCUT2D eigenvalue weighted by atomic mass is 10.0. The molecule has 2 rings (SSSR count). The van der Waals surface area contributed by atoms with E-state index in [4.69, 9.17) is 0 Å². The molecule has 20 heavy (non-hydrogen) atoms. The lowest BCUT2D eigenvalue weighted by Gasteiger charge is -2.08. The zero-order valence-corrected chi connectivity index (χ0v) is 12.9. The van der Waals surface area contributed by atoms with Crippen molar-refractivity contribution in [2.45, 2.75) is 6.92 Å². The Morgan fingerprint density at radius 3 is 2.45 bits per heavy atom. The third kappa shape index (κ3) is 2.27. The zero-order chi connectivity index (χ0) is 15.0. The minimum absolute atomic E-state index is 0.0178. The van der Waals surface area contributed by atoms with Crippen molar-refractivity contribution in [2.75, 3.05) is 0 Å². The molecule has 0 spiro atoms. The molecule has 2 aromatic rings. The quantitative estimate of drug-likeness (QED) is 0.778. The highest BCUT2D eigenvalue weighted by molar-refractivity contribution is 9.10. The van der Waals surface area contributed by atoms with Crippen LogP contribution >= 0.6 is 15.9 Å². The van der Waals surface area contributed by atoms with E-state index in [0.717, 1.165) is 14.6 Å². The van der Waals surface area contributed by atoms with Gasteiger partial charge in [0.1, 0.15) is 5.56 Å². The summed E-state index contributed by atoms with van der Waals surface area (Å²) in [4.78, 5) is 36.2. The number of carbonyl (C=O) groups excluding carboxylic acids is 1. The maximum Gasteiger partial charge on any atom is 0.330 e. The third-order valence-corrected chi connectivity index (χ3v) is 4.06. The van der Waals surface area contributed by atoms with Gasteiger partial charge in [0.15, 0.2) is 5.78 Å². The Hall–Kier alpha value is -1.95. The number of carbonyl (C=O) groups is 1. The minimum atomic E-state index is -0.586. The standard InChI is InChI=1S/C14H13BrN2O3/c1-8-9(5-4-6-11(8)15)12(18)10-7-16(2)14(20)17(3)13(10)19/h4-7H,1-3H3. The molecule has 1 heterocycles. The van der Waals surface area contributed by atoms with E-state index in [-0.39, 0.29) is 11.3 Å². The highest BCUT2D eigenvalue weighted by Crippen LogP contribution is 2.20. The summed E-state index contributed by atoms with van der Waals surface area (Å²) in [5, 5.41) is 0. The Labute approximate surface area is 123 Å². The first-order valence-electron chi connectivity index (χ1n) is 5.91. The van der Waals surface area contributed by atoms with Gasteiger partial charge in [0.25, 0.3) is 5.56 Å². The third-order valence-electron chi connectivity index (χ3n) is 3.20. The predicted octanol–water partition coefficient (Wildman–Crippen LogP) is 1.39. The van der Waals surface area contributed by atoms with E-state index in [1.54, 1.807) is 19.1 Å². The molecular weight excluding hydrogens is 324 g/mol. The van der Waals surface area contributed by atoms with Crippen molar-refractivity contribution >= 4 is 21.7 Å². The van der Waals surface area contributed by atoms with Gasteiger partial charge >= 0.3 is 5.69 Å². The topological polar surface area (TPSA) is 61.1 Å². The first-order chi connectivity index (χ1) is 9.34. The fraction of sp³-hybridized carbons (Fsp3) is 0.214. The summed E-state index contributed by atoms with van der Waals surface area (Å²) in [6.07, 6.45) is 1.29. The second kappa shape index (κ2) is 5.20. The number of aryl methyl sites for hydroxylation is 1. The molecule has 0 unspecified atom stereocenters. The molecule has 1 aromatic heterocycles. The summed E-state index contributed by atoms with van der Waals surface area (Å²) in [5.74, 6) is -0.389. The molecule has 104 valence electrons. The summed E-state index contributed by atoms with van der Waals surface area (Å²) in [5.41, 5.74) is 0.134. The highest BCUT2D eigenvalue weighted by atomic mass is 79.9. The van der Waals surface area contributed by atoms with Crippen LogP contribution < -0.4 is 11.2 Å². The van der Waals surface area contributed by atoms with E-state index in [2.05, 4.69) is 15.9 Å². The van der Waals surface area contributed by atoms with Gasteiger partial charge < -0.3 is 4.57 Å². The van der Waals surface area contributed by atoms with Gasteiger partial charge in [-0.2, -0.15) is 0 Å². The van der Waals surface area contributed by atoms with Gasteiger partial charge in [-0.3, -0.25) is 14.2 Å². The molecule has 6 heteroatoms. The van der Waals surface area contributed by atoms with E-state index < -0.39 is 11.2 Å². The molecule has 0 bridgehead atoms. The van der Waals surface area contributed by atoms with Crippen LogP contribution in [0.5, 0.6) is 0 Å². The van der Waals surface area contributed by atoms with E-state index in [9.17, 15) is 14.4 Å². The van der Waals surface area contributed by atoms with Crippen molar-refractivity contribution in [3.05, 3.63) is 66.4 Å². The Morgan fingerprint density at radius 2 is 1.80 bits per heavy atom. The molecule has 0 aliphatic carbocycles.